The first-order valence-electron chi connectivity index (χ1n) is 17.9. The van der Waals surface area contributed by atoms with Crippen LogP contribution in [-0.2, 0) is 27.9 Å². The molecule has 0 aliphatic heterocycles. The van der Waals surface area contributed by atoms with Gasteiger partial charge in [0.25, 0.3) is 7.82 Å². The number of rotatable bonds is 32. The van der Waals surface area contributed by atoms with E-state index in [-0.39, 0.29) is 32.2 Å². The first kappa shape index (κ1) is 44.5. The molecule has 0 aromatic heterocycles. The maximum absolute atomic E-state index is 12.5. The van der Waals surface area contributed by atoms with E-state index in [9.17, 15) is 14.3 Å². The third-order valence-electron chi connectivity index (χ3n) is 7.14. The molecule has 0 aromatic rings. The standard InChI is InChI=1S/C37H68NO7P/c1-6-8-10-12-14-16-17-18-19-20-21-22-24-26-28-30-37(39)45-36(35-44-46(40,41)43-33-31-38(3,4)5)34-42-32-29-27-25-23-15-13-11-9-7-2/h8,10,14,16,18-19,21-22,36H,6-7,9,11-13,15,17,20,23-35H2,1-5H3/b10-8-,16-14-,19-18-,22-21-. The Kier molecular flexibility index (Phi) is 29.7. The molecular weight excluding hydrogens is 601 g/mol. The summed E-state index contributed by atoms with van der Waals surface area (Å²) in [5, 5.41) is 0. The van der Waals surface area contributed by atoms with Crippen LogP contribution in [0.3, 0.4) is 0 Å². The van der Waals surface area contributed by atoms with E-state index in [2.05, 4.69) is 62.5 Å². The average Bonchev–Trinajstić information content (AvgIpc) is 2.99. The predicted octanol–water partition coefficient (Wildman–Crippen LogP) is 9.02. The Labute approximate surface area is 282 Å². The monoisotopic (exact) mass is 669 g/mol. The van der Waals surface area contributed by atoms with Gasteiger partial charge in [-0.3, -0.25) is 9.36 Å². The summed E-state index contributed by atoms with van der Waals surface area (Å²) in [6.07, 6.45) is 34.1. The van der Waals surface area contributed by atoms with Crippen LogP contribution in [0.5, 0.6) is 0 Å². The Morgan fingerprint density at radius 1 is 0.696 bits per heavy atom. The highest BCUT2D eigenvalue weighted by Crippen LogP contribution is 2.38. The van der Waals surface area contributed by atoms with Gasteiger partial charge in [0.1, 0.15) is 19.3 Å². The number of ether oxygens (including phenoxy) is 2. The van der Waals surface area contributed by atoms with Crippen molar-refractivity contribution >= 4 is 13.8 Å². The molecule has 0 bridgehead atoms. The van der Waals surface area contributed by atoms with Crippen LogP contribution in [0, 0.1) is 0 Å². The summed E-state index contributed by atoms with van der Waals surface area (Å²) in [7, 11) is 1.32. The number of phosphoric acid groups is 1. The Bertz CT molecular complexity index is 879. The van der Waals surface area contributed by atoms with Crippen LogP contribution in [0.25, 0.3) is 0 Å². The molecule has 9 heteroatoms. The van der Waals surface area contributed by atoms with Crippen LogP contribution in [0.15, 0.2) is 48.6 Å². The van der Waals surface area contributed by atoms with E-state index in [4.69, 9.17) is 18.5 Å². The van der Waals surface area contributed by atoms with Crippen LogP contribution in [-0.4, -0.2) is 70.7 Å². The van der Waals surface area contributed by atoms with E-state index in [1.807, 2.05) is 21.1 Å². The lowest BCUT2D eigenvalue weighted by Crippen LogP contribution is -2.37. The summed E-state index contributed by atoms with van der Waals surface area (Å²) in [5.41, 5.74) is 0. The van der Waals surface area contributed by atoms with Gasteiger partial charge in [0.05, 0.1) is 34.4 Å². The normalized spacial score (nSPS) is 14.7. The number of hydrogen-bond donors (Lipinski definition) is 0. The van der Waals surface area contributed by atoms with Crippen molar-refractivity contribution in [2.24, 2.45) is 0 Å². The fourth-order valence-electron chi connectivity index (χ4n) is 4.36. The molecule has 2 atom stereocenters. The number of nitrogens with zero attached hydrogens (tertiary/aromatic N) is 1. The lowest BCUT2D eigenvalue weighted by Gasteiger charge is -2.28. The highest BCUT2D eigenvalue weighted by Gasteiger charge is 2.20. The highest BCUT2D eigenvalue weighted by atomic mass is 31.2. The van der Waals surface area contributed by atoms with E-state index in [1.54, 1.807) is 0 Å². The maximum Gasteiger partial charge on any atom is 0.306 e. The van der Waals surface area contributed by atoms with Crippen LogP contribution in [0.2, 0.25) is 0 Å². The summed E-state index contributed by atoms with van der Waals surface area (Å²) in [4.78, 5) is 24.8. The number of carbonyl (C=O) groups excluding carboxylic acids is 1. The number of likely N-dealkylation sites (N-methyl/N-ethyl adjacent to an activating group) is 1. The number of unbranched alkanes of at least 4 members (excludes halogenated alkanes) is 10. The Morgan fingerprint density at radius 3 is 1.85 bits per heavy atom. The van der Waals surface area contributed by atoms with Crippen LogP contribution < -0.4 is 4.89 Å². The molecule has 0 saturated heterocycles. The predicted molar refractivity (Wildman–Crippen MR) is 190 cm³/mol. The fourth-order valence-corrected chi connectivity index (χ4v) is 5.09. The number of quaternary nitrogens is 1. The molecule has 46 heavy (non-hydrogen) atoms. The molecule has 0 heterocycles. The minimum Gasteiger partial charge on any atom is -0.756 e. The Morgan fingerprint density at radius 2 is 1.26 bits per heavy atom. The molecular formula is C37H68NO7P. The van der Waals surface area contributed by atoms with Gasteiger partial charge in [-0.1, -0.05) is 114 Å². The van der Waals surface area contributed by atoms with Crippen molar-refractivity contribution in [1.82, 2.24) is 0 Å². The van der Waals surface area contributed by atoms with Gasteiger partial charge < -0.3 is 27.9 Å². The van der Waals surface area contributed by atoms with Crippen molar-refractivity contribution in [3.05, 3.63) is 48.6 Å². The molecule has 0 aliphatic rings. The van der Waals surface area contributed by atoms with Gasteiger partial charge in [-0.25, -0.2) is 0 Å². The minimum absolute atomic E-state index is 0.0170. The molecule has 0 N–H and O–H groups in total. The molecule has 268 valence electrons. The third-order valence-corrected chi connectivity index (χ3v) is 8.11. The van der Waals surface area contributed by atoms with E-state index >= 15 is 0 Å². The number of esters is 1. The van der Waals surface area contributed by atoms with Gasteiger partial charge in [0.15, 0.2) is 0 Å². The second-order valence-corrected chi connectivity index (χ2v) is 14.3. The van der Waals surface area contributed by atoms with E-state index in [0.717, 1.165) is 51.4 Å². The lowest BCUT2D eigenvalue weighted by atomic mass is 10.1. The van der Waals surface area contributed by atoms with Crippen molar-refractivity contribution in [2.75, 3.05) is 54.1 Å². The minimum atomic E-state index is -4.52. The van der Waals surface area contributed by atoms with Crippen LogP contribution in [0.1, 0.15) is 123 Å². The van der Waals surface area contributed by atoms with Crippen molar-refractivity contribution in [2.45, 2.75) is 129 Å². The van der Waals surface area contributed by atoms with Gasteiger partial charge in [0, 0.05) is 13.0 Å². The summed E-state index contributed by atoms with van der Waals surface area (Å²) >= 11 is 0. The molecule has 0 aromatic carbocycles. The Balaban J connectivity index is 4.42. The smallest absolute Gasteiger partial charge is 0.306 e. The largest absolute Gasteiger partial charge is 0.756 e. The van der Waals surface area contributed by atoms with Gasteiger partial charge in [-0.2, -0.15) is 0 Å². The first-order valence-corrected chi connectivity index (χ1v) is 19.3. The number of hydrogen-bond acceptors (Lipinski definition) is 7. The molecule has 0 aliphatic carbocycles. The molecule has 0 saturated carbocycles. The molecule has 2 unspecified atom stereocenters. The van der Waals surface area contributed by atoms with Crippen molar-refractivity contribution in [3.63, 3.8) is 0 Å². The number of carbonyl (C=O) groups is 1. The molecule has 0 radical (unpaired) electrons. The highest BCUT2D eigenvalue weighted by molar-refractivity contribution is 7.45. The van der Waals surface area contributed by atoms with E-state index < -0.39 is 13.9 Å². The molecule has 0 fully saturated rings. The van der Waals surface area contributed by atoms with Gasteiger partial charge in [-0.15, -0.1) is 0 Å². The molecule has 0 spiro atoms. The van der Waals surface area contributed by atoms with Gasteiger partial charge in [0.2, 0.25) is 0 Å². The van der Waals surface area contributed by atoms with E-state index in [0.29, 0.717) is 24.1 Å². The summed E-state index contributed by atoms with van der Waals surface area (Å²) in [6, 6.07) is 0. The van der Waals surface area contributed by atoms with Gasteiger partial charge in [-0.05, 0) is 51.4 Å². The van der Waals surface area contributed by atoms with Gasteiger partial charge >= 0.3 is 5.97 Å². The second-order valence-electron chi connectivity index (χ2n) is 12.9. The fraction of sp³-hybridized carbons (Fsp3) is 0.757. The van der Waals surface area contributed by atoms with E-state index in [1.165, 1.54) is 44.9 Å². The number of allylic oxidation sites excluding steroid dienone is 8. The van der Waals surface area contributed by atoms with Crippen molar-refractivity contribution < 1.29 is 37.3 Å². The third kappa shape index (κ3) is 33.8. The van der Waals surface area contributed by atoms with Crippen LogP contribution >= 0.6 is 7.82 Å². The molecule has 0 rings (SSSR count). The maximum atomic E-state index is 12.5. The summed E-state index contributed by atoms with van der Waals surface area (Å²) in [5.74, 6) is -0.378. The lowest BCUT2D eigenvalue weighted by molar-refractivity contribution is -0.870. The second kappa shape index (κ2) is 30.8. The zero-order chi connectivity index (χ0) is 34.2. The molecule has 0 amide bonds. The van der Waals surface area contributed by atoms with Crippen molar-refractivity contribution in [1.29, 1.82) is 0 Å². The van der Waals surface area contributed by atoms with Crippen LogP contribution in [0.4, 0.5) is 0 Å². The topological polar surface area (TPSA) is 94.1 Å². The first-order chi connectivity index (χ1) is 22.1. The quantitative estimate of drug-likeness (QED) is 0.0232. The zero-order valence-electron chi connectivity index (χ0n) is 30.0. The SMILES string of the molecule is CC/C=C\C/C=C\C/C=C\C/C=C\CCCCC(=O)OC(COCCCCCCCCCCC)COP(=O)([O-])OCC[N+](C)(C)C. The average molecular weight is 670 g/mol. The molecule has 8 nitrogen and oxygen atoms in total. The summed E-state index contributed by atoms with van der Waals surface area (Å²) in [6.45, 7) is 5.19. The Hall–Kier alpha value is -1.54. The zero-order valence-corrected chi connectivity index (χ0v) is 30.9. The van der Waals surface area contributed by atoms with Crippen molar-refractivity contribution in [3.8, 4) is 0 Å². The summed E-state index contributed by atoms with van der Waals surface area (Å²) < 4.78 is 34.3. The number of phosphoric ester groups is 1.